The number of hydrogen-bond donors (Lipinski definition) is 2. The molecule has 242 valence electrons. The van der Waals surface area contributed by atoms with Crippen LogP contribution in [0.5, 0.6) is 0 Å². The first-order chi connectivity index (χ1) is 22.1. The smallest absolute Gasteiger partial charge is 0.186 e. The normalized spacial score (nSPS) is 28.8. The fraction of sp³-hybridized carbons (Fsp3) is 0.606. The second-order valence-corrected chi connectivity index (χ2v) is 15.3. The third-order valence-corrected chi connectivity index (χ3v) is 12.1. The van der Waals surface area contributed by atoms with Gasteiger partial charge in [-0.1, -0.05) is 5.16 Å². The van der Waals surface area contributed by atoms with Crippen molar-refractivity contribution in [2.45, 2.75) is 101 Å². The molecule has 46 heavy (non-hydrogen) atoms. The van der Waals surface area contributed by atoms with Gasteiger partial charge in [0.2, 0.25) is 0 Å². The predicted molar refractivity (Wildman–Crippen MR) is 174 cm³/mol. The van der Waals surface area contributed by atoms with Gasteiger partial charge in [0, 0.05) is 30.1 Å². The summed E-state index contributed by atoms with van der Waals surface area (Å²) in [7, 11) is 1.96. The van der Waals surface area contributed by atoms with Crippen molar-refractivity contribution in [1.82, 2.24) is 29.8 Å². The molecule has 0 saturated carbocycles. The zero-order valence-corrected chi connectivity index (χ0v) is 27.4. The van der Waals surface area contributed by atoms with Gasteiger partial charge >= 0.3 is 0 Å². The Morgan fingerprint density at radius 3 is 2.74 bits per heavy atom. The van der Waals surface area contributed by atoms with Crippen molar-refractivity contribution in [3.05, 3.63) is 33.5 Å². The van der Waals surface area contributed by atoms with Gasteiger partial charge in [-0.05, 0) is 84.2 Å². The highest BCUT2D eigenvalue weighted by Crippen LogP contribution is 2.55. The molecule has 1 unspecified atom stereocenters. The lowest BCUT2D eigenvalue weighted by molar-refractivity contribution is 0.0448. The summed E-state index contributed by atoms with van der Waals surface area (Å²) in [6.07, 6.45) is 8.14. The highest BCUT2D eigenvalue weighted by atomic mass is 32.1. The van der Waals surface area contributed by atoms with Crippen LogP contribution < -0.4 is 10.6 Å². The first-order valence-electron chi connectivity index (χ1n) is 16.5. The number of piperidine rings is 1. The molecule has 0 amide bonds. The minimum atomic E-state index is -0.958. The van der Waals surface area contributed by atoms with Gasteiger partial charge in [-0.2, -0.15) is 10.4 Å². The Morgan fingerprint density at radius 2 is 2.00 bits per heavy atom. The standard InChI is InChI=1S/C33H40FN9O2S/c1-18(26-22(34)9-14-41(26)3)43-31-21(16-37-43)30(42-13-6-10-32(2,44)17-42)38-29(39-31)25-19-7-4-11-33(27(19)45-40-25)12-5-8-23-24(33)20(15-35)28(36)46-23/h16,18,22,26,44H,4-14,17,36H2,1-3H3/t18?,22-,26+,32+,33-/m0/s1. The average Bonchev–Trinajstić information content (AvgIpc) is 3.80. The fourth-order valence-corrected chi connectivity index (χ4v) is 10.1. The molecule has 2 saturated heterocycles. The van der Waals surface area contributed by atoms with Crippen molar-refractivity contribution < 1.29 is 14.0 Å². The largest absolute Gasteiger partial charge is 0.389 e. The molecule has 2 aliphatic heterocycles. The van der Waals surface area contributed by atoms with Crippen LogP contribution in [0.25, 0.3) is 22.6 Å². The van der Waals surface area contributed by atoms with E-state index in [4.69, 9.17) is 25.3 Å². The van der Waals surface area contributed by atoms with Crippen molar-refractivity contribution in [2.24, 2.45) is 0 Å². The van der Waals surface area contributed by atoms with E-state index in [2.05, 4.69) is 21.0 Å². The molecule has 0 bridgehead atoms. The van der Waals surface area contributed by atoms with Gasteiger partial charge < -0.3 is 20.3 Å². The Balaban J connectivity index is 1.30. The van der Waals surface area contributed by atoms with Crippen LogP contribution in [0.2, 0.25) is 0 Å². The molecule has 0 aromatic carbocycles. The summed E-state index contributed by atoms with van der Waals surface area (Å²) in [6.45, 7) is 5.72. The number of nitrogens with two attached hydrogens (primary N) is 1. The lowest BCUT2D eigenvalue weighted by Crippen LogP contribution is -2.46. The van der Waals surface area contributed by atoms with E-state index in [1.54, 1.807) is 6.20 Å². The molecule has 3 N–H and O–H groups in total. The third-order valence-electron chi connectivity index (χ3n) is 11.0. The molecule has 4 aliphatic rings. The Morgan fingerprint density at radius 1 is 1.20 bits per heavy atom. The summed E-state index contributed by atoms with van der Waals surface area (Å²) >= 11 is 1.52. The topological polar surface area (TPSA) is 146 Å². The lowest BCUT2D eigenvalue weighted by atomic mass is 9.63. The molecule has 2 fully saturated rings. The monoisotopic (exact) mass is 645 g/mol. The SMILES string of the molecule is CC([C@@H]1[C@@H](F)CCN1C)n1ncc2c(N3CCC[C@@](C)(O)C3)nc(-c3noc4c3CCC[C@@]43CCCc4sc(N)c(C#N)c43)nc21. The van der Waals surface area contributed by atoms with Crippen LogP contribution in [0.1, 0.15) is 92.2 Å². The number of hydrogen-bond acceptors (Lipinski definition) is 11. The number of nitrogens with zero attached hydrogens (tertiary/aromatic N) is 8. The number of aryl methyl sites for hydroxylation is 1. The summed E-state index contributed by atoms with van der Waals surface area (Å²) < 4.78 is 23.3. The maximum atomic E-state index is 15.2. The molecule has 1 spiro atoms. The summed E-state index contributed by atoms with van der Waals surface area (Å²) in [5.74, 6) is 1.92. The van der Waals surface area contributed by atoms with Crippen LogP contribution in [-0.4, -0.2) is 79.4 Å². The van der Waals surface area contributed by atoms with Crippen LogP contribution in [0, 0.1) is 11.3 Å². The number of aromatic nitrogens is 5. The number of halogens is 1. The molecule has 4 aromatic heterocycles. The van der Waals surface area contributed by atoms with Crippen LogP contribution >= 0.6 is 11.3 Å². The van der Waals surface area contributed by atoms with Crippen molar-refractivity contribution in [3.8, 4) is 17.6 Å². The maximum absolute atomic E-state index is 15.2. The number of nitrogen functional groups attached to an aromatic ring is 1. The highest BCUT2D eigenvalue weighted by molar-refractivity contribution is 7.16. The fourth-order valence-electron chi connectivity index (χ4n) is 8.91. The minimum Gasteiger partial charge on any atom is -0.389 e. The van der Waals surface area contributed by atoms with E-state index < -0.39 is 17.2 Å². The molecule has 6 heterocycles. The number of fused-ring (bicyclic) bond motifs is 5. The van der Waals surface area contributed by atoms with Crippen molar-refractivity contribution in [2.75, 3.05) is 37.3 Å². The van der Waals surface area contributed by atoms with E-state index in [1.165, 1.54) is 16.2 Å². The Hall–Kier alpha value is -3.60. The average molecular weight is 646 g/mol. The number of nitriles is 1. The van der Waals surface area contributed by atoms with Crippen molar-refractivity contribution in [1.29, 1.82) is 5.26 Å². The number of likely N-dealkylation sites (tertiary alicyclic amines) is 1. The second kappa shape index (κ2) is 10.7. The van der Waals surface area contributed by atoms with Gasteiger partial charge in [0.05, 0.1) is 40.2 Å². The molecule has 8 rings (SSSR count). The number of likely N-dealkylation sites (N-methyl/N-ethyl adjacent to an activating group) is 1. The predicted octanol–water partition coefficient (Wildman–Crippen LogP) is 4.91. The van der Waals surface area contributed by atoms with E-state index in [1.807, 2.05) is 25.6 Å². The number of thiophene rings is 1. The van der Waals surface area contributed by atoms with Gasteiger partial charge in [-0.25, -0.2) is 19.0 Å². The van der Waals surface area contributed by atoms with E-state index >= 15 is 4.39 Å². The Bertz CT molecular complexity index is 1860. The first kappa shape index (κ1) is 29.8. The van der Waals surface area contributed by atoms with Crippen LogP contribution in [0.3, 0.4) is 0 Å². The van der Waals surface area contributed by atoms with E-state index in [0.717, 1.165) is 73.8 Å². The maximum Gasteiger partial charge on any atom is 0.186 e. The van der Waals surface area contributed by atoms with Crippen molar-refractivity contribution >= 4 is 33.2 Å². The van der Waals surface area contributed by atoms with Crippen LogP contribution in [0.4, 0.5) is 15.2 Å². The Kier molecular flexibility index (Phi) is 6.94. The zero-order chi connectivity index (χ0) is 32.0. The van der Waals surface area contributed by atoms with E-state index in [9.17, 15) is 10.4 Å². The molecule has 2 aliphatic carbocycles. The van der Waals surface area contributed by atoms with Gasteiger partial charge in [0.1, 0.15) is 23.1 Å². The molecule has 5 atom stereocenters. The third kappa shape index (κ3) is 4.40. The summed E-state index contributed by atoms with van der Waals surface area (Å²) in [5.41, 5.74) is 8.83. The Labute approximate surface area is 271 Å². The van der Waals surface area contributed by atoms with Crippen LogP contribution in [0.15, 0.2) is 10.7 Å². The van der Waals surface area contributed by atoms with Crippen molar-refractivity contribution in [3.63, 3.8) is 0 Å². The highest BCUT2D eigenvalue weighted by Gasteiger charge is 2.49. The first-order valence-corrected chi connectivity index (χ1v) is 17.3. The van der Waals surface area contributed by atoms with Crippen LogP contribution in [-0.2, 0) is 18.3 Å². The summed E-state index contributed by atoms with van der Waals surface area (Å²) in [6, 6.07) is 1.79. The van der Waals surface area contributed by atoms with Gasteiger partial charge in [-0.15, -0.1) is 11.3 Å². The number of alkyl halides is 1. The zero-order valence-electron chi connectivity index (χ0n) is 26.6. The van der Waals surface area contributed by atoms with Gasteiger partial charge in [0.25, 0.3) is 0 Å². The van der Waals surface area contributed by atoms with Gasteiger partial charge in [-0.3, -0.25) is 4.90 Å². The molecule has 11 nitrogen and oxygen atoms in total. The minimum absolute atomic E-state index is 0.274. The number of rotatable bonds is 4. The number of β-amino-alcohol motifs (C(OH)–C–C–N with tert-alkyl or cyclic N) is 1. The molecular weight excluding hydrogens is 605 g/mol. The molecule has 0 radical (unpaired) electrons. The number of aliphatic hydroxyl groups is 1. The summed E-state index contributed by atoms with van der Waals surface area (Å²) in [5, 5.41) is 31.9. The second-order valence-electron chi connectivity index (χ2n) is 14.1. The van der Waals surface area contributed by atoms with Gasteiger partial charge in [0.15, 0.2) is 22.9 Å². The quantitative estimate of drug-likeness (QED) is 0.314. The lowest BCUT2D eigenvalue weighted by Gasteiger charge is -2.39. The van der Waals surface area contributed by atoms with E-state index in [-0.39, 0.29) is 12.1 Å². The molecule has 13 heteroatoms. The molecule has 4 aromatic rings. The summed E-state index contributed by atoms with van der Waals surface area (Å²) in [4.78, 5) is 15.6. The molecular formula is C33H40FN9O2S. The van der Waals surface area contributed by atoms with E-state index in [0.29, 0.717) is 59.5 Å². The number of anilines is 2.